The van der Waals surface area contributed by atoms with E-state index < -0.39 is 0 Å². The number of thioether (sulfide) groups is 1. The predicted molar refractivity (Wildman–Crippen MR) is 84.1 cm³/mol. The average Bonchev–Trinajstić information content (AvgIpc) is 2.43. The lowest BCUT2D eigenvalue weighted by molar-refractivity contribution is 0.368. The predicted octanol–water partition coefficient (Wildman–Crippen LogP) is 5.27. The van der Waals surface area contributed by atoms with Gasteiger partial charge in [-0.05, 0) is 42.5 Å². The van der Waals surface area contributed by atoms with Gasteiger partial charge in [-0.25, -0.2) is 0 Å². The minimum atomic E-state index is -0.300. The topological polar surface area (TPSA) is 23.8 Å². The minimum absolute atomic E-state index is 0.300. The summed E-state index contributed by atoms with van der Waals surface area (Å²) >= 11 is 7.65. The Morgan fingerprint density at radius 1 is 1.10 bits per heavy atom. The van der Waals surface area contributed by atoms with Crippen molar-refractivity contribution in [3.8, 4) is 6.07 Å². The fraction of sp³-hybridized carbons (Fsp3) is 0.235. The van der Waals surface area contributed by atoms with E-state index in [0.717, 1.165) is 22.8 Å². The van der Waals surface area contributed by atoms with E-state index in [4.69, 9.17) is 11.6 Å². The van der Waals surface area contributed by atoms with Crippen LogP contribution in [0, 0.1) is 11.3 Å². The molecule has 2 aromatic carbocycles. The van der Waals surface area contributed by atoms with Crippen LogP contribution < -0.4 is 0 Å². The molecule has 3 heteroatoms. The normalized spacial score (nSPS) is 24.7. The van der Waals surface area contributed by atoms with E-state index >= 15 is 0 Å². The van der Waals surface area contributed by atoms with Crippen LogP contribution in [0.2, 0.25) is 5.02 Å². The maximum atomic E-state index is 9.53. The molecule has 0 saturated heterocycles. The van der Waals surface area contributed by atoms with Crippen molar-refractivity contribution in [3.05, 3.63) is 65.2 Å². The molecule has 0 bridgehead atoms. The summed E-state index contributed by atoms with van der Waals surface area (Å²) in [5.41, 5.74) is 1.34. The molecule has 0 radical (unpaired) electrons. The number of benzene rings is 2. The highest BCUT2D eigenvalue weighted by Gasteiger charge is 2.46. The van der Waals surface area contributed by atoms with Gasteiger partial charge >= 0.3 is 0 Å². The zero-order chi connectivity index (χ0) is 14.0. The number of nitriles is 1. The molecule has 3 rings (SSSR count). The summed E-state index contributed by atoms with van der Waals surface area (Å²) in [7, 11) is 0. The summed E-state index contributed by atoms with van der Waals surface area (Å²) < 4.78 is -0.300. The molecule has 1 fully saturated rings. The maximum absolute atomic E-state index is 9.53. The highest BCUT2D eigenvalue weighted by molar-refractivity contribution is 8.01. The van der Waals surface area contributed by atoms with Crippen molar-refractivity contribution < 1.29 is 0 Å². The van der Waals surface area contributed by atoms with E-state index in [-0.39, 0.29) is 4.75 Å². The summed E-state index contributed by atoms with van der Waals surface area (Å²) in [6.45, 7) is 0. The van der Waals surface area contributed by atoms with E-state index in [1.807, 2.05) is 30.3 Å². The van der Waals surface area contributed by atoms with Crippen molar-refractivity contribution in [2.45, 2.75) is 28.4 Å². The van der Waals surface area contributed by atoms with Gasteiger partial charge in [0.25, 0.3) is 0 Å². The average molecular weight is 300 g/mol. The zero-order valence-corrected chi connectivity index (χ0v) is 12.5. The van der Waals surface area contributed by atoms with Crippen LogP contribution in [-0.2, 0) is 0 Å². The van der Waals surface area contributed by atoms with E-state index in [1.54, 1.807) is 11.8 Å². The zero-order valence-electron chi connectivity index (χ0n) is 10.9. The van der Waals surface area contributed by atoms with Crippen LogP contribution in [0.3, 0.4) is 0 Å². The van der Waals surface area contributed by atoms with Crippen LogP contribution in [0.5, 0.6) is 0 Å². The summed E-state index contributed by atoms with van der Waals surface area (Å²) in [6.07, 6.45) is 1.81. The molecule has 100 valence electrons. The van der Waals surface area contributed by atoms with Gasteiger partial charge in [0.1, 0.15) is 4.75 Å². The Morgan fingerprint density at radius 3 is 2.50 bits per heavy atom. The van der Waals surface area contributed by atoms with Crippen LogP contribution in [0.15, 0.2) is 59.5 Å². The fourth-order valence-corrected chi connectivity index (χ4v) is 4.30. The van der Waals surface area contributed by atoms with Crippen LogP contribution in [-0.4, -0.2) is 4.75 Å². The number of nitrogens with zero attached hydrogens (tertiary/aromatic N) is 1. The van der Waals surface area contributed by atoms with Gasteiger partial charge in [0.15, 0.2) is 0 Å². The van der Waals surface area contributed by atoms with Crippen molar-refractivity contribution in [1.29, 1.82) is 5.26 Å². The van der Waals surface area contributed by atoms with Crippen molar-refractivity contribution in [2.75, 3.05) is 0 Å². The minimum Gasteiger partial charge on any atom is -0.197 e. The fourth-order valence-electron chi connectivity index (χ4n) is 2.65. The molecule has 0 heterocycles. The van der Waals surface area contributed by atoms with Gasteiger partial charge in [0.2, 0.25) is 0 Å². The second kappa shape index (κ2) is 5.52. The van der Waals surface area contributed by atoms with Crippen molar-refractivity contribution in [2.24, 2.45) is 0 Å². The summed E-state index contributed by atoms with van der Waals surface area (Å²) in [6, 6.07) is 20.7. The molecule has 0 aliphatic heterocycles. The van der Waals surface area contributed by atoms with Crippen LogP contribution in [0.1, 0.15) is 24.3 Å². The molecule has 1 saturated carbocycles. The Hall–Kier alpha value is -1.43. The van der Waals surface area contributed by atoms with Gasteiger partial charge in [0, 0.05) is 9.92 Å². The van der Waals surface area contributed by atoms with Gasteiger partial charge in [-0.15, -0.1) is 11.8 Å². The summed E-state index contributed by atoms with van der Waals surface area (Å²) in [5, 5.41) is 10.3. The highest BCUT2D eigenvalue weighted by atomic mass is 35.5. The third-order valence-electron chi connectivity index (χ3n) is 3.74. The van der Waals surface area contributed by atoms with Crippen LogP contribution in [0.4, 0.5) is 0 Å². The lowest BCUT2D eigenvalue weighted by Gasteiger charge is -2.42. The quantitative estimate of drug-likeness (QED) is 0.770. The monoisotopic (exact) mass is 299 g/mol. The Kier molecular flexibility index (Phi) is 3.74. The summed E-state index contributed by atoms with van der Waals surface area (Å²) in [4.78, 5) is 1.07. The first kappa shape index (κ1) is 13.5. The molecule has 0 unspecified atom stereocenters. The molecule has 0 atom stereocenters. The van der Waals surface area contributed by atoms with E-state index in [1.165, 1.54) is 5.56 Å². The molecule has 2 aromatic rings. The molecule has 20 heavy (non-hydrogen) atoms. The Bertz CT molecular complexity index is 642. The van der Waals surface area contributed by atoms with Gasteiger partial charge in [-0.1, -0.05) is 48.0 Å². The second-order valence-electron chi connectivity index (χ2n) is 5.18. The van der Waals surface area contributed by atoms with Crippen LogP contribution >= 0.6 is 23.4 Å². The van der Waals surface area contributed by atoms with Gasteiger partial charge in [-0.3, -0.25) is 0 Å². The lowest BCUT2D eigenvalue weighted by atomic mass is 9.71. The summed E-state index contributed by atoms with van der Waals surface area (Å²) in [5.74, 6) is 0.502. The smallest absolute Gasteiger partial charge is 0.108 e. The number of hydrogen-bond acceptors (Lipinski definition) is 2. The third-order valence-corrected chi connectivity index (χ3v) is 5.28. The lowest BCUT2D eigenvalue weighted by Crippen LogP contribution is -2.38. The van der Waals surface area contributed by atoms with Crippen molar-refractivity contribution >= 4 is 23.4 Å². The Balaban J connectivity index is 1.72. The van der Waals surface area contributed by atoms with E-state index in [9.17, 15) is 5.26 Å². The Morgan fingerprint density at radius 2 is 1.85 bits per heavy atom. The third kappa shape index (κ3) is 2.70. The maximum Gasteiger partial charge on any atom is 0.108 e. The molecule has 1 nitrogen and oxygen atoms in total. The van der Waals surface area contributed by atoms with Gasteiger partial charge < -0.3 is 0 Å². The number of rotatable bonds is 3. The second-order valence-corrected chi connectivity index (χ2v) is 7.07. The first-order chi connectivity index (χ1) is 9.71. The highest BCUT2D eigenvalue weighted by Crippen LogP contribution is 2.54. The first-order valence-electron chi connectivity index (χ1n) is 6.62. The molecule has 0 amide bonds. The molecular weight excluding hydrogens is 286 g/mol. The number of halogens is 1. The van der Waals surface area contributed by atoms with Crippen molar-refractivity contribution in [1.82, 2.24) is 0 Å². The van der Waals surface area contributed by atoms with E-state index in [0.29, 0.717) is 5.92 Å². The molecule has 0 spiro atoms. The largest absolute Gasteiger partial charge is 0.197 e. The van der Waals surface area contributed by atoms with Crippen molar-refractivity contribution in [3.63, 3.8) is 0 Å². The van der Waals surface area contributed by atoms with Gasteiger partial charge in [0.05, 0.1) is 6.07 Å². The standard InChI is InChI=1S/C17H14ClNS/c18-15-7-4-8-16(9-15)20-17(12-19)10-14(11-17)13-5-2-1-3-6-13/h1-9,14H,10-11H2. The van der Waals surface area contributed by atoms with Gasteiger partial charge in [-0.2, -0.15) is 5.26 Å². The Labute approximate surface area is 128 Å². The molecule has 0 aromatic heterocycles. The molecule has 1 aliphatic rings. The number of hydrogen-bond donors (Lipinski definition) is 0. The van der Waals surface area contributed by atoms with E-state index in [2.05, 4.69) is 30.3 Å². The SMILES string of the molecule is N#CC1(Sc2cccc(Cl)c2)CC(c2ccccc2)C1. The molecule has 0 N–H and O–H groups in total. The molecular formula is C17H14ClNS. The first-order valence-corrected chi connectivity index (χ1v) is 7.81. The van der Waals surface area contributed by atoms with Crippen LogP contribution in [0.25, 0.3) is 0 Å². The molecule has 1 aliphatic carbocycles.